The van der Waals surface area contributed by atoms with E-state index >= 15 is 0 Å². The van der Waals surface area contributed by atoms with Gasteiger partial charge in [0, 0.05) is 23.2 Å². The van der Waals surface area contributed by atoms with Crippen LogP contribution in [0.5, 0.6) is 5.75 Å². The van der Waals surface area contributed by atoms with Crippen molar-refractivity contribution < 1.29 is 9.53 Å². The van der Waals surface area contributed by atoms with Crippen LogP contribution in [0.3, 0.4) is 0 Å². The first-order chi connectivity index (χ1) is 17.6. The zero-order valence-electron chi connectivity index (χ0n) is 21.4. The summed E-state index contributed by atoms with van der Waals surface area (Å²) < 4.78 is 7.08. The summed E-state index contributed by atoms with van der Waals surface area (Å²) in [7, 11) is 1.60. The predicted octanol–water partition coefficient (Wildman–Crippen LogP) is 6.83. The number of hydrogen-bond donors (Lipinski definition) is 1. The Morgan fingerprint density at radius 2 is 1.94 bits per heavy atom. The third kappa shape index (κ3) is 6.71. The molecule has 36 heavy (non-hydrogen) atoms. The second-order valence-electron chi connectivity index (χ2n) is 9.43. The molecule has 1 aliphatic rings. The third-order valence-electron chi connectivity index (χ3n) is 6.71. The number of fused-ring (bicyclic) bond motifs is 3. The van der Waals surface area contributed by atoms with Crippen LogP contribution < -0.4 is 15.6 Å². The van der Waals surface area contributed by atoms with E-state index in [4.69, 9.17) is 9.72 Å². The normalized spacial score (nSPS) is 13.4. The number of nitrogens with zero attached hydrogens (tertiary/aromatic N) is 2. The Labute approximate surface area is 221 Å². The highest BCUT2D eigenvalue weighted by Gasteiger charge is 2.22. The molecule has 4 rings (SSSR count). The van der Waals surface area contributed by atoms with Crippen LogP contribution in [0.4, 0.5) is 5.69 Å². The standard InChI is InChI=1S/C28H37N3O3S2/c1-3-4-5-6-7-11-17-31-27(33)25-22-15-9-8-10-16-23(22)36-26(25)30-28(31)35-19-24(32)29-20-13-12-14-21(18-20)34-2/h12-14,18H,3-11,15-17,19H2,1-2H3,(H,29,32). The van der Waals surface area contributed by atoms with Crippen molar-refractivity contribution in [2.24, 2.45) is 0 Å². The molecule has 0 saturated carbocycles. The molecule has 0 saturated heterocycles. The number of aryl methyl sites for hydroxylation is 2. The molecular formula is C28H37N3O3S2. The fourth-order valence-corrected chi connectivity index (χ4v) is 6.91. The molecule has 8 heteroatoms. The quantitative estimate of drug-likeness (QED) is 0.121. The highest BCUT2D eigenvalue weighted by atomic mass is 32.2. The molecule has 194 valence electrons. The number of hydrogen-bond acceptors (Lipinski definition) is 6. The van der Waals surface area contributed by atoms with Crippen LogP contribution >= 0.6 is 23.1 Å². The minimum atomic E-state index is -0.129. The summed E-state index contributed by atoms with van der Waals surface area (Å²) in [6, 6.07) is 7.31. The zero-order valence-corrected chi connectivity index (χ0v) is 23.1. The fourth-order valence-electron chi connectivity index (χ4n) is 4.78. The van der Waals surface area contributed by atoms with Gasteiger partial charge >= 0.3 is 0 Å². The lowest BCUT2D eigenvalue weighted by molar-refractivity contribution is -0.113. The van der Waals surface area contributed by atoms with E-state index in [0.717, 1.165) is 42.3 Å². The number of anilines is 1. The summed E-state index contributed by atoms with van der Waals surface area (Å²) in [6.45, 7) is 2.87. The summed E-state index contributed by atoms with van der Waals surface area (Å²) in [4.78, 5) is 33.6. The van der Waals surface area contributed by atoms with Crippen LogP contribution in [0, 0.1) is 0 Å². The Hall–Kier alpha value is -2.32. The van der Waals surface area contributed by atoms with E-state index in [2.05, 4.69) is 12.2 Å². The Morgan fingerprint density at radius 1 is 1.14 bits per heavy atom. The molecule has 6 nitrogen and oxygen atoms in total. The molecule has 0 spiro atoms. The van der Waals surface area contributed by atoms with Crippen LogP contribution in [0.25, 0.3) is 10.2 Å². The Kier molecular flexibility index (Phi) is 9.87. The minimum absolute atomic E-state index is 0.0728. The van der Waals surface area contributed by atoms with Gasteiger partial charge in [-0.25, -0.2) is 4.98 Å². The first-order valence-electron chi connectivity index (χ1n) is 13.2. The SMILES string of the molecule is CCCCCCCCn1c(SCC(=O)Nc2cccc(OC)c2)nc2sc3c(c2c1=O)CCCCC3. The topological polar surface area (TPSA) is 73.2 Å². The first kappa shape index (κ1) is 26.7. The number of thioether (sulfide) groups is 1. The molecule has 0 atom stereocenters. The maximum atomic E-state index is 13.8. The second kappa shape index (κ2) is 13.3. The third-order valence-corrected chi connectivity index (χ3v) is 8.87. The van der Waals surface area contributed by atoms with Crippen molar-refractivity contribution in [3.8, 4) is 5.75 Å². The molecule has 3 aromatic rings. The molecular weight excluding hydrogens is 490 g/mol. The molecule has 1 aromatic carbocycles. The molecule has 0 aliphatic heterocycles. The number of benzene rings is 1. The monoisotopic (exact) mass is 527 g/mol. The fraction of sp³-hybridized carbons (Fsp3) is 0.536. The molecule has 0 radical (unpaired) electrons. The van der Waals surface area contributed by atoms with Gasteiger partial charge in [0.1, 0.15) is 10.6 Å². The maximum absolute atomic E-state index is 13.8. The van der Waals surface area contributed by atoms with Gasteiger partial charge in [-0.2, -0.15) is 0 Å². The number of methoxy groups -OCH3 is 1. The van der Waals surface area contributed by atoms with Crippen molar-refractivity contribution >= 4 is 44.9 Å². The van der Waals surface area contributed by atoms with E-state index in [9.17, 15) is 9.59 Å². The van der Waals surface area contributed by atoms with E-state index in [-0.39, 0.29) is 17.2 Å². The first-order valence-corrected chi connectivity index (χ1v) is 15.0. The van der Waals surface area contributed by atoms with E-state index in [1.165, 1.54) is 60.7 Å². The summed E-state index contributed by atoms with van der Waals surface area (Å²) in [5, 5.41) is 4.40. The van der Waals surface area contributed by atoms with Gasteiger partial charge < -0.3 is 10.1 Å². The number of aromatic nitrogens is 2. The zero-order chi connectivity index (χ0) is 25.3. The van der Waals surface area contributed by atoms with Gasteiger partial charge in [0.05, 0.1) is 18.2 Å². The van der Waals surface area contributed by atoms with Gasteiger partial charge in [0.25, 0.3) is 5.56 Å². The average Bonchev–Trinajstić information content (AvgIpc) is 3.07. The molecule has 0 fully saturated rings. The molecule has 1 amide bonds. The lowest BCUT2D eigenvalue weighted by Gasteiger charge is -2.13. The van der Waals surface area contributed by atoms with Gasteiger partial charge in [0.2, 0.25) is 5.91 Å². The van der Waals surface area contributed by atoms with Crippen LogP contribution in [0.1, 0.15) is 75.2 Å². The van der Waals surface area contributed by atoms with Gasteiger partial charge in [-0.1, -0.05) is 63.3 Å². The van der Waals surface area contributed by atoms with Crippen LogP contribution in [-0.2, 0) is 24.2 Å². The van der Waals surface area contributed by atoms with Crippen LogP contribution in [0.15, 0.2) is 34.2 Å². The van der Waals surface area contributed by atoms with Crippen LogP contribution in [-0.4, -0.2) is 28.3 Å². The largest absolute Gasteiger partial charge is 0.497 e. The van der Waals surface area contributed by atoms with Crippen molar-refractivity contribution in [2.75, 3.05) is 18.2 Å². The smallest absolute Gasteiger partial charge is 0.263 e. The maximum Gasteiger partial charge on any atom is 0.263 e. The number of amides is 1. The Morgan fingerprint density at radius 3 is 2.78 bits per heavy atom. The molecule has 0 bridgehead atoms. The number of carbonyl (C=O) groups is 1. The molecule has 2 aromatic heterocycles. The summed E-state index contributed by atoms with van der Waals surface area (Å²) in [5.41, 5.74) is 1.99. The van der Waals surface area contributed by atoms with Crippen molar-refractivity contribution in [1.29, 1.82) is 0 Å². The summed E-state index contributed by atoms with van der Waals surface area (Å²) in [6.07, 6.45) is 12.5. The van der Waals surface area contributed by atoms with Crippen molar-refractivity contribution in [3.63, 3.8) is 0 Å². The summed E-state index contributed by atoms with van der Waals surface area (Å²) >= 11 is 3.03. The van der Waals surface area contributed by atoms with Gasteiger partial charge in [-0.15, -0.1) is 11.3 Å². The number of ether oxygens (including phenoxy) is 1. The van der Waals surface area contributed by atoms with Crippen molar-refractivity contribution in [3.05, 3.63) is 45.1 Å². The predicted molar refractivity (Wildman–Crippen MR) is 151 cm³/mol. The average molecular weight is 528 g/mol. The van der Waals surface area contributed by atoms with Gasteiger partial charge in [-0.05, 0) is 49.8 Å². The molecule has 2 heterocycles. The highest BCUT2D eigenvalue weighted by Crippen LogP contribution is 2.34. The lowest BCUT2D eigenvalue weighted by atomic mass is 10.1. The number of unbranched alkanes of at least 4 members (excludes halogenated alkanes) is 5. The second-order valence-corrected chi connectivity index (χ2v) is 11.5. The number of thiophene rings is 1. The van der Waals surface area contributed by atoms with E-state index in [1.54, 1.807) is 24.5 Å². The lowest BCUT2D eigenvalue weighted by Crippen LogP contribution is -2.24. The number of carbonyl (C=O) groups excluding carboxylic acids is 1. The van der Waals surface area contributed by atoms with E-state index in [0.29, 0.717) is 23.1 Å². The Balaban J connectivity index is 1.54. The number of nitrogens with one attached hydrogen (secondary N) is 1. The minimum Gasteiger partial charge on any atom is -0.497 e. The van der Waals surface area contributed by atoms with Crippen molar-refractivity contribution in [1.82, 2.24) is 9.55 Å². The van der Waals surface area contributed by atoms with E-state index in [1.807, 2.05) is 22.8 Å². The molecule has 1 N–H and O–H groups in total. The van der Waals surface area contributed by atoms with E-state index < -0.39 is 0 Å². The summed E-state index contributed by atoms with van der Waals surface area (Å²) in [5.74, 6) is 0.755. The van der Waals surface area contributed by atoms with Gasteiger partial charge in [-0.3, -0.25) is 14.2 Å². The number of rotatable bonds is 12. The Bertz CT molecular complexity index is 1230. The highest BCUT2D eigenvalue weighted by molar-refractivity contribution is 7.99. The van der Waals surface area contributed by atoms with Crippen LogP contribution in [0.2, 0.25) is 0 Å². The molecule has 1 aliphatic carbocycles. The van der Waals surface area contributed by atoms with Gasteiger partial charge in [0.15, 0.2) is 5.16 Å². The van der Waals surface area contributed by atoms with Crippen molar-refractivity contribution in [2.45, 2.75) is 89.3 Å². The molecule has 0 unspecified atom stereocenters.